The number of carbonyl (C=O) groups is 1. The average molecular weight is 363 g/mol. The number of ether oxygens (including phenoxy) is 1. The molecule has 1 aromatic heterocycles. The van der Waals surface area contributed by atoms with E-state index >= 15 is 0 Å². The fraction of sp³-hybridized carbons (Fsp3) is 0.294. The van der Waals surface area contributed by atoms with E-state index in [1.165, 1.54) is 29.6 Å². The van der Waals surface area contributed by atoms with Crippen LogP contribution >= 0.6 is 0 Å². The van der Waals surface area contributed by atoms with Gasteiger partial charge in [-0.05, 0) is 30.3 Å². The summed E-state index contributed by atoms with van der Waals surface area (Å²) < 4.78 is 32.1. The lowest BCUT2D eigenvalue weighted by molar-refractivity contribution is 0.102. The van der Waals surface area contributed by atoms with E-state index in [-0.39, 0.29) is 16.2 Å². The Bertz CT molecular complexity index is 834. The fourth-order valence-electron chi connectivity index (χ4n) is 2.35. The van der Waals surface area contributed by atoms with Crippen LogP contribution in [0.4, 0.5) is 5.82 Å². The maximum Gasteiger partial charge on any atom is 0.256 e. The first kappa shape index (κ1) is 18.9. The van der Waals surface area contributed by atoms with E-state index in [0.29, 0.717) is 18.9 Å². The maximum atomic E-state index is 12.8. The normalized spacial score (nSPS) is 11.4. The Kier molecular flexibility index (Phi) is 6.11. The number of hydrogen-bond acceptors (Lipinski definition) is 5. The molecule has 0 radical (unpaired) electrons. The molecule has 1 heterocycles. The summed E-state index contributed by atoms with van der Waals surface area (Å²) >= 11 is 0. The van der Waals surface area contributed by atoms with Crippen LogP contribution < -0.4 is 10.1 Å². The summed E-state index contributed by atoms with van der Waals surface area (Å²) in [6.45, 7) is 4.16. The summed E-state index contributed by atoms with van der Waals surface area (Å²) in [7, 11) is -2.37. The van der Waals surface area contributed by atoms with Gasteiger partial charge in [-0.1, -0.05) is 19.9 Å². The number of carbonyl (C=O) groups excluding carboxylic acids is 1. The Hall–Kier alpha value is -2.45. The minimum atomic E-state index is -3.76. The van der Waals surface area contributed by atoms with Crippen LogP contribution in [-0.4, -0.2) is 43.8 Å². The predicted octanol–water partition coefficient (Wildman–Crippen LogP) is 2.37. The summed E-state index contributed by atoms with van der Waals surface area (Å²) in [5.74, 6) is 0.134. The Morgan fingerprint density at radius 1 is 1.20 bits per heavy atom. The largest absolute Gasteiger partial charge is 0.495 e. The number of amides is 1. The third kappa shape index (κ3) is 4.15. The number of nitrogens with one attached hydrogen (secondary N) is 1. The summed E-state index contributed by atoms with van der Waals surface area (Å²) in [5.41, 5.74) is 0.206. The Labute approximate surface area is 147 Å². The first-order valence-electron chi connectivity index (χ1n) is 7.84. The van der Waals surface area contributed by atoms with E-state index in [1.54, 1.807) is 38.2 Å². The summed E-state index contributed by atoms with van der Waals surface area (Å²) in [5, 5.41) is 2.63. The zero-order valence-electron chi connectivity index (χ0n) is 14.4. The third-order valence-corrected chi connectivity index (χ3v) is 5.73. The molecule has 1 N–H and O–H groups in total. The van der Waals surface area contributed by atoms with Crippen LogP contribution in [0.3, 0.4) is 0 Å². The Morgan fingerprint density at radius 2 is 1.92 bits per heavy atom. The molecule has 0 bridgehead atoms. The molecule has 2 rings (SSSR count). The van der Waals surface area contributed by atoms with Gasteiger partial charge >= 0.3 is 0 Å². The van der Waals surface area contributed by atoms with Crippen LogP contribution in [-0.2, 0) is 10.0 Å². The standard InChI is InChI=1S/C17H21N3O4S/c1-4-20(5-2)25(22,23)15-12-13(9-10-14(15)24-3)17(21)19-16-8-6-7-11-18-16/h6-12H,4-5H2,1-3H3,(H,18,19,21). The van der Waals surface area contributed by atoms with Gasteiger partial charge in [-0.15, -0.1) is 0 Å². The minimum Gasteiger partial charge on any atom is -0.495 e. The lowest BCUT2D eigenvalue weighted by atomic mass is 10.2. The van der Waals surface area contributed by atoms with Gasteiger partial charge in [0.25, 0.3) is 5.91 Å². The van der Waals surface area contributed by atoms with Crippen LogP contribution in [0.2, 0.25) is 0 Å². The molecule has 25 heavy (non-hydrogen) atoms. The molecule has 8 heteroatoms. The molecular formula is C17H21N3O4S. The van der Waals surface area contributed by atoms with Crippen molar-refractivity contribution in [1.82, 2.24) is 9.29 Å². The molecule has 0 spiro atoms. The molecule has 7 nitrogen and oxygen atoms in total. The molecule has 2 aromatic rings. The monoisotopic (exact) mass is 363 g/mol. The van der Waals surface area contributed by atoms with Gasteiger partial charge in [0.1, 0.15) is 16.5 Å². The smallest absolute Gasteiger partial charge is 0.256 e. The summed E-state index contributed by atoms with van der Waals surface area (Å²) in [6.07, 6.45) is 1.56. The van der Waals surface area contributed by atoms with Gasteiger partial charge in [-0.2, -0.15) is 4.31 Å². The topological polar surface area (TPSA) is 88.6 Å². The number of anilines is 1. The second kappa shape index (κ2) is 8.09. The van der Waals surface area contributed by atoms with E-state index in [0.717, 1.165) is 0 Å². The molecule has 1 aromatic carbocycles. The van der Waals surface area contributed by atoms with Crippen LogP contribution in [0.5, 0.6) is 5.75 Å². The predicted molar refractivity (Wildman–Crippen MR) is 95.3 cm³/mol. The highest BCUT2D eigenvalue weighted by Gasteiger charge is 2.26. The van der Waals surface area contributed by atoms with Gasteiger partial charge in [-0.25, -0.2) is 13.4 Å². The summed E-state index contributed by atoms with van der Waals surface area (Å²) in [6, 6.07) is 9.44. The number of sulfonamides is 1. The lowest BCUT2D eigenvalue weighted by Gasteiger charge is -2.20. The highest BCUT2D eigenvalue weighted by atomic mass is 32.2. The van der Waals surface area contributed by atoms with E-state index in [4.69, 9.17) is 4.74 Å². The van der Waals surface area contributed by atoms with Crippen molar-refractivity contribution in [3.63, 3.8) is 0 Å². The molecule has 0 saturated carbocycles. The van der Waals surface area contributed by atoms with Gasteiger partial charge in [0.05, 0.1) is 7.11 Å². The van der Waals surface area contributed by atoms with Gasteiger partial charge < -0.3 is 10.1 Å². The number of aromatic nitrogens is 1. The maximum absolute atomic E-state index is 12.8. The Morgan fingerprint density at radius 3 is 2.48 bits per heavy atom. The van der Waals surface area contributed by atoms with E-state index < -0.39 is 15.9 Å². The zero-order chi connectivity index (χ0) is 18.4. The van der Waals surface area contributed by atoms with Crippen molar-refractivity contribution < 1.29 is 17.9 Å². The zero-order valence-corrected chi connectivity index (χ0v) is 15.2. The van der Waals surface area contributed by atoms with Crippen LogP contribution in [0, 0.1) is 0 Å². The lowest BCUT2D eigenvalue weighted by Crippen LogP contribution is -2.31. The highest BCUT2D eigenvalue weighted by molar-refractivity contribution is 7.89. The number of nitrogens with zero attached hydrogens (tertiary/aromatic N) is 2. The third-order valence-electron chi connectivity index (χ3n) is 3.66. The molecule has 0 saturated heterocycles. The molecule has 0 aliphatic heterocycles. The molecule has 134 valence electrons. The van der Waals surface area contributed by atoms with E-state index in [9.17, 15) is 13.2 Å². The average Bonchev–Trinajstić information content (AvgIpc) is 2.62. The summed E-state index contributed by atoms with van der Waals surface area (Å²) in [4.78, 5) is 16.4. The minimum absolute atomic E-state index is 0.0348. The van der Waals surface area contributed by atoms with Gasteiger partial charge in [0.2, 0.25) is 10.0 Å². The van der Waals surface area contributed by atoms with Gasteiger partial charge in [0.15, 0.2) is 0 Å². The molecule has 0 aliphatic rings. The highest BCUT2D eigenvalue weighted by Crippen LogP contribution is 2.28. The van der Waals surface area contributed by atoms with E-state index in [2.05, 4.69) is 10.3 Å². The second-order valence-electron chi connectivity index (χ2n) is 5.12. The number of hydrogen-bond donors (Lipinski definition) is 1. The number of benzene rings is 1. The van der Waals surface area contributed by atoms with Crippen molar-refractivity contribution >= 4 is 21.7 Å². The van der Waals surface area contributed by atoms with Gasteiger partial charge in [-0.3, -0.25) is 4.79 Å². The van der Waals surface area contributed by atoms with Crippen molar-refractivity contribution in [3.8, 4) is 5.75 Å². The van der Waals surface area contributed by atoms with Crippen molar-refractivity contribution in [3.05, 3.63) is 48.2 Å². The second-order valence-corrected chi connectivity index (χ2v) is 7.03. The molecule has 1 amide bonds. The molecular weight excluding hydrogens is 342 g/mol. The number of pyridine rings is 1. The van der Waals surface area contributed by atoms with E-state index in [1.807, 2.05) is 0 Å². The van der Waals surface area contributed by atoms with Crippen LogP contribution in [0.25, 0.3) is 0 Å². The van der Waals surface area contributed by atoms with Crippen molar-refractivity contribution in [1.29, 1.82) is 0 Å². The first-order valence-corrected chi connectivity index (χ1v) is 9.28. The molecule has 0 atom stereocenters. The number of rotatable bonds is 7. The Balaban J connectivity index is 2.41. The fourth-order valence-corrected chi connectivity index (χ4v) is 3.99. The molecule has 0 aliphatic carbocycles. The number of methoxy groups -OCH3 is 1. The van der Waals surface area contributed by atoms with Gasteiger partial charge in [0, 0.05) is 24.8 Å². The van der Waals surface area contributed by atoms with Crippen LogP contribution in [0.1, 0.15) is 24.2 Å². The van der Waals surface area contributed by atoms with Crippen LogP contribution in [0.15, 0.2) is 47.5 Å². The first-order chi connectivity index (χ1) is 11.9. The van der Waals surface area contributed by atoms with Crippen molar-refractivity contribution in [2.45, 2.75) is 18.7 Å². The van der Waals surface area contributed by atoms with Crippen molar-refractivity contribution in [2.24, 2.45) is 0 Å². The quantitative estimate of drug-likeness (QED) is 0.816. The SMILES string of the molecule is CCN(CC)S(=O)(=O)c1cc(C(=O)Nc2ccccn2)ccc1OC. The molecule has 0 unspecified atom stereocenters. The van der Waals surface area contributed by atoms with Crippen molar-refractivity contribution in [2.75, 3.05) is 25.5 Å². The molecule has 0 fully saturated rings.